The molecular weight excluding hydrogens is 344 g/mol. The lowest BCUT2D eigenvalue weighted by Crippen LogP contribution is -2.47. The molecule has 0 unspecified atom stereocenters. The van der Waals surface area contributed by atoms with Crippen molar-refractivity contribution in [1.29, 1.82) is 0 Å². The average molecular weight is 372 g/mol. The summed E-state index contributed by atoms with van der Waals surface area (Å²) in [7, 11) is 3.63. The molecule has 1 amide bonds. The number of hydrogen-bond donors (Lipinski definition) is 0. The van der Waals surface area contributed by atoms with Crippen LogP contribution in [-0.2, 0) is 7.05 Å². The van der Waals surface area contributed by atoms with E-state index in [0.29, 0.717) is 30.2 Å². The van der Waals surface area contributed by atoms with Gasteiger partial charge in [0.1, 0.15) is 5.52 Å². The second-order valence-corrected chi connectivity index (χ2v) is 7.89. The number of hydrogen-bond acceptors (Lipinski definition) is 5. The average Bonchev–Trinajstić information content (AvgIpc) is 2.89. The molecule has 1 saturated heterocycles. The molecule has 0 atom stereocenters. The van der Waals surface area contributed by atoms with Gasteiger partial charge in [0.15, 0.2) is 5.65 Å². The zero-order valence-corrected chi connectivity index (χ0v) is 16.2. The number of rotatable bonds is 4. The summed E-state index contributed by atoms with van der Waals surface area (Å²) in [5, 5.41) is 0. The van der Waals surface area contributed by atoms with E-state index in [-0.39, 0.29) is 11.7 Å². The van der Waals surface area contributed by atoms with Crippen LogP contribution in [0.4, 0.5) is 10.7 Å². The van der Waals surface area contributed by atoms with Crippen LogP contribution in [0.25, 0.3) is 11.2 Å². The molecular formula is C19H28N6O2. The highest BCUT2D eigenvalue weighted by Gasteiger charge is 2.27. The summed E-state index contributed by atoms with van der Waals surface area (Å²) >= 11 is 0. The Balaban J connectivity index is 1.58. The van der Waals surface area contributed by atoms with Crippen molar-refractivity contribution in [2.75, 3.05) is 31.6 Å². The zero-order chi connectivity index (χ0) is 19.0. The second kappa shape index (κ2) is 7.32. The molecule has 0 N–H and O–H groups in total. The van der Waals surface area contributed by atoms with Crippen LogP contribution in [0.2, 0.25) is 0 Å². The summed E-state index contributed by atoms with van der Waals surface area (Å²) in [4.78, 5) is 38.0. The van der Waals surface area contributed by atoms with Crippen LogP contribution in [0, 0.1) is 5.92 Å². The van der Waals surface area contributed by atoms with Gasteiger partial charge < -0.3 is 9.80 Å². The highest BCUT2D eigenvalue weighted by molar-refractivity contribution is 5.87. The predicted molar refractivity (Wildman–Crippen MR) is 104 cm³/mol. The van der Waals surface area contributed by atoms with Gasteiger partial charge in [-0.15, -0.1) is 0 Å². The first-order valence-electron chi connectivity index (χ1n) is 10.0. The topological polar surface area (TPSA) is 76.3 Å². The van der Waals surface area contributed by atoms with Crippen molar-refractivity contribution in [3.63, 3.8) is 0 Å². The Hall–Kier alpha value is -2.38. The quantitative estimate of drug-likeness (QED) is 0.822. The zero-order valence-electron chi connectivity index (χ0n) is 16.2. The van der Waals surface area contributed by atoms with E-state index in [4.69, 9.17) is 0 Å². The highest BCUT2D eigenvalue weighted by Crippen LogP contribution is 2.26. The molecule has 2 fully saturated rings. The third-order valence-electron chi connectivity index (χ3n) is 6.05. The first-order valence-corrected chi connectivity index (χ1v) is 10.0. The lowest BCUT2D eigenvalue weighted by atomic mass is 9.87. The van der Waals surface area contributed by atoms with Gasteiger partial charge in [-0.25, -0.2) is 14.6 Å². The number of fused-ring (bicyclic) bond motifs is 1. The molecule has 0 radical (unpaired) electrons. The van der Waals surface area contributed by atoms with Gasteiger partial charge in [-0.1, -0.05) is 32.1 Å². The Morgan fingerprint density at radius 3 is 2.63 bits per heavy atom. The molecule has 1 saturated carbocycles. The SMILES string of the molecule is CN(CCC1CCCCC1)c1ncc2c(n1)n(C(=O)N1CCC1)c(=O)n2C. The van der Waals surface area contributed by atoms with Crippen LogP contribution >= 0.6 is 0 Å². The second-order valence-electron chi connectivity index (χ2n) is 7.89. The molecule has 0 aromatic carbocycles. The first-order chi connectivity index (χ1) is 13.1. The molecule has 146 valence electrons. The molecule has 1 aliphatic heterocycles. The minimum Gasteiger partial charge on any atom is -0.344 e. The van der Waals surface area contributed by atoms with Crippen molar-refractivity contribution in [1.82, 2.24) is 24.0 Å². The molecule has 2 aromatic rings. The van der Waals surface area contributed by atoms with E-state index in [1.807, 2.05) is 11.9 Å². The van der Waals surface area contributed by atoms with Crippen LogP contribution < -0.4 is 10.6 Å². The number of imidazole rings is 1. The Labute approximate surface area is 158 Å². The molecule has 3 heterocycles. The lowest BCUT2D eigenvalue weighted by Gasteiger charge is -2.30. The van der Waals surface area contributed by atoms with E-state index in [1.165, 1.54) is 41.2 Å². The van der Waals surface area contributed by atoms with Gasteiger partial charge >= 0.3 is 11.7 Å². The summed E-state index contributed by atoms with van der Waals surface area (Å²) in [6.45, 7) is 2.27. The molecule has 8 heteroatoms. The third-order valence-corrected chi connectivity index (χ3v) is 6.05. The molecule has 1 aliphatic carbocycles. The van der Waals surface area contributed by atoms with Gasteiger partial charge in [0.25, 0.3) is 0 Å². The predicted octanol–water partition coefficient (Wildman–Crippen LogP) is 2.21. The van der Waals surface area contributed by atoms with Crippen molar-refractivity contribution in [3.8, 4) is 0 Å². The Morgan fingerprint density at radius 2 is 1.96 bits per heavy atom. The van der Waals surface area contributed by atoms with E-state index in [1.54, 1.807) is 18.1 Å². The fraction of sp³-hybridized carbons (Fsp3) is 0.684. The van der Waals surface area contributed by atoms with E-state index >= 15 is 0 Å². The van der Waals surface area contributed by atoms with Gasteiger partial charge in [-0.3, -0.25) is 4.57 Å². The number of nitrogens with zero attached hydrogens (tertiary/aromatic N) is 6. The Kier molecular flexibility index (Phi) is 4.88. The molecule has 4 rings (SSSR count). The van der Waals surface area contributed by atoms with Crippen LogP contribution in [0.15, 0.2) is 11.0 Å². The molecule has 0 spiro atoms. The van der Waals surface area contributed by atoms with Crippen LogP contribution in [0.3, 0.4) is 0 Å². The maximum Gasteiger partial charge on any atom is 0.338 e. The largest absolute Gasteiger partial charge is 0.344 e. The normalized spacial score (nSPS) is 17.9. The first kappa shape index (κ1) is 18.0. The number of likely N-dealkylation sites (tertiary alicyclic amines) is 1. The van der Waals surface area contributed by atoms with Gasteiger partial charge in [0.2, 0.25) is 5.95 Å². The fourth-order valence-corrected chi connectivity index (χ4v) is 4.06. The van der Waals surface area contributed by atoms with Gasteiger partial charge in [0, 0.05) is 33.7 Å². The standard InChI is InChI=1S/C19H28N6O2/c1-22(12-9-14-7-4-3-5-8-14)17-20-13-15-16(21-17)25(18(26)23(15)2)19(27)24-10-6-11-24/h13-14H,3-12H2,1-2H3. The monoisotopic (exact) mass is 372 g/mol. The van der Waals surface area contributed by atoms with Gasteiger partial charge in [0.05, 0.1) is 6.20 Å². The molecule has 2 aromatic heterocycles. The molecule has 2 aliphatic rings. The van der Waals surface area contributed by atoms with Crippen LogP contribution in [0.5, 0.6) is 0 Å². The van der Waals surface area contributed by atoms with Crippen LogP contribution in [-0.4, -0.2) is 56.7 Å². The third kappa shape index (κ3) is 3.33. The fourth-order valence-electron chi connectivity index (χ4n) is 4.06. The van der Waals surface area contributed by atoms with Crippen molar-refractivity contribution in [2.24, 2.45) is 13.0 Å². The van der Waals surface area contributed by atoms with E-state index in [9.17, 15) is 9.59 Å². The Morgan fingerprint density at radius 1 is 1.22 bits per heavy atom. The summed E-state index contributed by atoms with van der Waals surface area (Å²) < 4.78 is 2.63. The Bertz CT molecular complexity index is 891. The minimum absolute atomic E-state index is 0.286. The summed E-state index contributed by atoms with van der Waals surface area (Å²) in [6.07, 6.45) is 10.4. The van der Waals surface area contributed by atoms with Crippen molar-refractivity contribution < 1.29 is 4.79 Å². The van der Waals surface area contributed by atoms with Gasteiger partial charge in [-0.2, -0.15) is 9.55 Å². The number of carbonyl (C=O) groups is 1. The highest BCUT2D eigenvalue weighted by atomic mass is 16.2. The number of anilines is 1. The summed E-state index contributed by atoms with van der Waals surface area (Å²) in [6, 6.07) is -0.286. The number of aromatic nitrogens is 4. The van der Waals surface area contributed by atoms with Gasteiger partial charge in [-0.05, 0) is 18.8 Å². The van der Waals surface area contributed by atoms with E-state index in [2.05, 4.69) is 9.97 Å². The maximum atomic E-state index is 12.7. The van der Waals surface area contributed by atoms with E-state index < -0.39 is 0 Å². The number of aryl methyl sites for hydroxylation is 1. The molecule has 8 nitrogen and oxygen atoms in total. The summed E-state index contributed by atoms with van der Waals surface area (Å²) in [5.41, 5.74) is 0.616. The summed E-state index contributed by atoms with van der Waals surface area (Å²) in [5.74, 6) is 1.35. The number of carbonyl (C=O) groups excluding carboxylic acids is 1. The van der Waals surface area contributed by atoms with Crippen molar-refractivity contribution >= 4 is 23.1 Å². The number of amides is 1. The van der Waals surface area contributed by atoms with Crippen molar-refractivity contribution in [2.45, 2.75) is 44.9 Å². The van der Waals surface area contributed by atoms with Crippen LogP contribution in [0.1, 0.15) is 44.9 Å². The smallest absolute Gasteiger partial charge is 0.338 e. The van der Waals surface area contributed by atoms with Crippen molar-refractivity contribution in [3.05, 3.63) is 16.7 Å². The molecule has 0 bridgehead atoms. The minimum atomic E-state index is -0.363. The molecule has 27 heavy (non-hydrogen) atoms. The van der Waals surface area contributed by atoms with E-state index in [0.717, 1.165) is 25.3 Å². The lowest BCUT2D eigenvalue weighted by molar-refractivity contribution is 0.169. The maximum absolute atomic E-state index is 12.7.